The summed E-state index contributed by atoms with van der Waals surface area (Å²) in [5.74, 6) is 0. The van der Waals surface area contributed by atoms with Gasteiger partial charge >= 0.3 is 0 Å². The summed E-state index contributed by atoms with van der Waals surface area (Å²) < 4.78 is 2.32. The molecule has 5 heteroatoms. The number of fused-ring (bicyclic) bond motifs is 2. The van der Waals surface area contributed by atoms with E-state index in [1.54, 1.807) is 0 Å². The van der Waals surface area contributed by atoms with E-state index in [-0.39, 0.29) is 6.04 Å². The predicted molar refractivity (Wildman–Crippen MR) is 242 cm³/mol. The highest BCUT2D eigenvalue weighted by molar-refractivity contribution is 5.88. The van der Waals surface area contributed by atoms with Crippen molar-refractivity contribution >= 4 is 36.1 Å². The third-order valence-electron chi connectivity index (χ3n) is 9.23. The van der Waals surface area contributed by atoms with Crippen molar-refractivity contribution in [2.45, 2.75) is 73.4 Å². The first-order chi connectivity index (χ1) is 27.1. The maximum Gasteiger partial charge on any atom is 0.0875 e. The van der Waals surface area contributed by atoms with Crippen LogP contribution in [0.15, 0.2) is 168 Å². The molecule has 1 aromatic heterocycles. The summed E-state index contributed by atoms with van der Waals surface area (Å²) in [7, 11) is 2.17. The molecule has 5 nitrogen and oxygen atoms in total. The molecular formula is C50H61N5. The molecule has 2 N–H and O–H groups in total. The average Bonchev–Trinajstić information content (AvgIpc) is 3.54. The molecule has 3 aliphatic rings. The van der Waals surface area contributed by atoms with Crippen molar-refractivity contribution < 1.29 is 0 Å². The summed E-state index contributed by atoms with van der Waals surface area (Å²) in [4.78, 5) is 6.94. The van der Waals surface area contributed by atoms with Crippen molar-refractivity contribution in [3.8, 4) is 0 Å². The van der Waals surface area contributed by atoms with E-state index in [0.29, 0.717) is 0 Å². The van der Waals surface area contributed by atoms with E-state index in [0.717, 1.165) is 25.8 Å². The molecule has 0 saturated heterocycles. The van der Waals surface area contributed by atoms with Gasteiger partial charge in [0.05, 0.1) is 12.4 Å². The summed E-state index contributed by atoms with van der Waals surface area (Å²) in [6, 6.07) is 28.0. The Bertz CT molecular complexity index is 2050. The molecule has 0 spiro atoms. The zero-order chi connectivity index (χ0) is 39.8. The van der Waals surface area contributed by atoms with Gasteiger partial charge in [-0.1, -0.05) is 168 Å². The van der Waals surface area contributed by atoms with Crippen LogP contribution >= 0.6 is 0 Å². The molecule has 1 unspecified atom stereocenters. The number of rotatable bonds is 5. The first-order valence-electron chi connectivity index (χ1n) is 19.6. The van der Waals surface area contributed by atoms with Crippen molar-refractivity contribution in [3.05, 3.63) is 191 Å². The van der Waals surface area contributed by atoms with Crippen molar-refractivity contribution in [1.82, 2.24) is 14.8 Å². The summed E-state index contributed by atoms with van der Waals surface area (Å²) in [6.07, 6.45) is 32.6. The number of nitrogens with one attached hydrogen (secondary N) is 2. The number of allylic oxidation sites excluding steroid dienone is 11. The Balaban J connectivity index is 0.000000273. The standard InChI is InChI=1S/C27H28N2.C18H18N2.2C2H6.CH3N/c1-4-24-25-16-10-11-17-26(25)28(3)27(24)19-21(2)29-18-12-6-5-7-13-22-14-8-9-15-23(22)20-29;1-2-5-9-15(8-4-1)17-12-13-18(20-14-19-17)16-10-6-3-7-11-16;3*1-2/h5-19H,4,20H2,1-3H3;1-8,10-12,14,18H,9,13H2,(H,19,20);2*1-2H3;2H,1H2/b6-5-,13-7+,18-12+,21-19+;;;;. The molecule has 4 aromatic rings. The fraction of sp³-hybridized carbons (Fsp3) is 0.240. The topological polar surface area (TPSA) is 56.4 Å². The van der Waals surface area contributed by atoms with Crippen molar-refractivity contribution in [2.75, 3.05) is 0 Å². The second kappa shape index (κ2) is 24.4. The van der Waals surface area contributed by atoms with Gasteiger partial charge in [-0.2, -0.15) is 0 Å². The lowest BCUT2D eigenvalue weighted by Gasteiger charge is -2.23. The van der Waals surface area contributed by atoms with Crippen LogP contribution in [-0.2, 0) is 20.0 Å². The molecular weight excluding hydrogens is 671 g/mol. The van der Waals surface area contributed by atoms with E-state index >= 15 is 0 Å². The van der Waals surface area contributed by atoms with E-state index in [4.69, 9.17) is 5.41 Å². The molecule has 1 atom stereocenters. The van der Waals surface area contributed by atoms with E-state index < -0.39 is 0 Å². The van der Waals surface area contributed by atoms with Crippen LogP contribution in [0, 0.1) is 5.41 Å². The molecule has 0 radical (unpaired) electrons. The summed E-state index contributed by atoms with van der Waals surface area (Å²) in [5, 5.41) is 10.2. The molecule has 0 amide bonds. The van der Waals surface area contributed by atoms with Gasteiger partial charge in [0.1, 0.15) is 0 Å². The van der Waals surface area contributed by atoms with Crippen LogP contribution in [0.2, 0.25) is 0 Å². The highest BCUT2D eigenvalue weighted by Gasteiger charge is 2.15. The van der Waals surface area contributed by atoms with Gasteiger partial charge < -0.3 is 20.2 Å². The Morgan fingerprint density at radius 2 is 1.55 bits per heavy atom. The van der Waals surface area contributed by atoms with Crippen molar-refractivity contribution in [3.63, 3.8) is 0 Å². The monoisotopic (exact) mass is 731 g/mol. The Morgan fingerprint density at radius 1 is 0.855 bits per heavy atom. The van der Waals surface area contributed by atoms with Crippen LogP contribution in [0.25, 0.3) is 23.1 Å². The van der Waals surface area contributed by atoms with E-state index in [2.05, 4.69) is 199 Å². The largest absolute Gasteiger partial charge is 0.347 e. The van der Waals surface area contributed by atoms with Gasteiger partial charge in [0.15, 0.2) is 0 Å². The SMILES string of the molecule is C1=CC=C(C2=CCC(c3ccccc3)N=CN2)CC=C1.C=N.CC.CC.CCc1c(/C=C(\C)N2/C=C/C=C\C=C\c3ccccc3C2)n(C)c2ccccc12. The average molecular weight is 732 g/mol. The molecule has 7 rings (SSSR count). The predicted octanol–water partition coefficient (Wildman–Crippen LogP) is 13.1. The van der Waals surface area contributed by atoms with E-state index in [1.165, 1.54) is 55.8 Å². The first kappa shape index (κ1) is 43.5. The number of para-hydroxylation sites is 1. The Hall–Kier alpha value is -5.94. The van der Waals surface area contributed by atoms with Gasteiger partial charge in [-0.25, -0.2) is 0 Å². The third-order valence-corrected chi connectivity index (χ3v) is 9.23. The molecule has 1 aliphatic carbocycles. The fourth-order valence-corrected chi connectivity index (χ4v) is 6.53. The molecule has 0 saturated carbocycles. The van der Waals surface area contributed by atoms with Crippen LogP contribution in [0.5, 0.6) is 0 Å². The van der Waals surface area contributed by atoms with Crippen molar-refractivity contribution in [2.24, 2.45) is 12.0 Å². The Morgan fingerprint density at radius 3 is 2.33 bits per heavy atom. The number of aliphatic imine (C=N–C) groups is 1. The Labute approximate surface area is 331 Å². The summed E-state index contributed by atoms with van der Waals surface area (Å²) in [6.45, 7) is 15.8. The van der Waals surface area contributed by atoms with Gasteiger partial charge in [0.25, 0.3) is 0 Å². The van der Waals surface area contributed by atoms with Gasteiger partial charge in [-0.3, -0.25) is 4.99 Å². The van der Waals surface area contributed by atoms with Crippen LogP contribution in [-0.4, -0.2) is 22.5 Å². The number of aromatic nitrogens is 1. The van der Waals surface area contributed by atoms with Gasteiger partial charge in [-0.15, -0.1) is 0 Å². The van der Waals surface area contributed by atoms with Crippen molar-refractivity contribution in [1.29, 1.82) is 5.41 Å². The molecule has 0 fully saturated rings. The molecule has 2 aliphatic heterocycles. The minimum absolute atomic E-state index is 0.207. The van der Waals surface area contributed by atoms with Gasteiger partial charge in [0, 0.05) is 47.8 Å². The maximum atomic E-state index is 5.50. The van der Waals surface area contributed by atoms with E-state index in [1.807, 2.05) is 40.1 Å². The highest BCUT2D eigenvalue weighted by atomic mass is 15.1. The zero-order valence-corrected chi connectivity index (χ0v) is 34.0. The first-order valence-corrected chi connectivity index (χ1v) is 19.6. The normalized spacial score (nSPS) is 17.5. The zero-order valence-electron chi connectivity index (χ0n) is 34.0. The minimum atomic E-state index is 0.207. The molecule has 286 valence electrons. The Kier molecular flexibility index (Phi) is 19.3. The fourth-order valence-electron chi connectivity index (χ4n) is 6.53. The lowest BCUT2D eigenvalue weighted by Crippen LogP contribution is -2.15. The lowest BCUT2D eigenvalue weighted by atomic mass is 10.0. The highest BCUT2D eigenvalue weighted by Crippen LogP contribution is 2.29. The number of nitrogens with zero attached hydrogens (tertiary/aromatic N) is 3. The number of hydrogen-bond acceptors (Lipinski definition) is 4. The second-order valence-corrected chi connectivity index (χ2v) is 12.4. The van der Waals surface area contributed by atoms with Crippen LogP contribution < -0.4 is 5.32 Å². The van der Waals surface area contributed by atoms with Gasteiger partial charge in [-0.05, 0) is 78.9 Å². The number of benzene rings is 3. The smallest absolute Gasteiger partial charge is 0.0875 e. The van der Waals surface area contributed by atoms with E-state index in [9.17, 15) is 0 Å². The molecule has 3 heterocycles. The molecule has 0 bridgehead atoms. The minimum Gasteiger partial charge on any atom is -0.347 e. The number of hydrogen-bond donors (Lipinski definition) is 2. The van der Waals surface area contributed by atoms with Gasteiger partial charge in [0.2, 0.25) is 0 Å². The third kappa shape index (κ3) is 12.3. The number of aryl methyl sites for hydroxylation is 2. The molecule has 3 aromatic carbocycles. The van der Waals surface area contributed by atoms with Crippen LogP contribution in [0.1, 0.15) is 88.4 Å². The second-order valence-electron chi connectivity index (χ2n) is 12.4. The lowest BCUT2D eigenvalue weighted by molar-refractivity contribution is 0.463. The quantitative estimate of drug-likeness (QED) is 0.201. The summed E-state index contributed by atoms with van der Waals surface area (Å²) >= 11 is 0. The summed E-state index contributed by atoms with van der Waals surface area (Å²) in [5.41, 5.74) is 11.5. The van der Waals surface area contributed by atoms with Crippen LogP contribution in [0.4, 0.5) is 0 Å². The maximum absolute atomic E-state index is 5.50. The van der Waals surface area contributed by atoms with Crippen LogP contribution in [0.3, 0.4) is 0 Å². The molecule has 55 heavy (non-hydrogen) atoms.